The van der Waals surface area contributed by atoms with Crippen LogP contribution in [-0.4, -0.2) is 17.6 Å². The molecule has 1 aliphatic rings. The number of hydrogen-bond acceptors (Lipinski definition) is 2. The molecule has 1 N–H and O–H groups in total. The Morgan fingerprint density at radius 3 is 2.82 bits per heavy atom. The van der Waals surface area contributed by atoms with Crippen LogP contribution < -0.4 is 5.32 Å². The summed E-state index contributed by atoms with van der Waals surface area (Å²) in [4.78, 5) is 4.48. The zero-order chi connectivity index (χ0) is 12.1. The maximum Gasteiger partial charge on any atom is 0.0420 e. The van der Waals surface area contributed by atoms with Crippen molar-refractivity contribution in [2.24, 2.45) is 5.92 Å². The van der Waals surface area contributed by atoms with Crippen LogP contribution in [0.25, 0.3) is 0 Å². The van der Waals surface area contributed by atoms with Crippen LogP contribution in [0.4, 0.5) is 0 Å². The largest absolute Gasteiger partial charge is 0.313 e. The Labute approximate surface area is 112 Å². The second-order valence-corrected chi connectivity index (χ2v) is 5.84. The number of halogens is 1. The topological polar surface area (TPSA) is 24.9 Å². The van der Waals surface area contributed by atoms with Crippen molar-refractivity contribution >= 4 is 15.9 Å². The maximum atomic E-state index is 4.48. The minimum atomic E-state index is 0.623. The molecule has 3 heteroatoms. The van der Waals surface area contributed by atoms with E-state index in [0.717, 1.165) is 23.4 Å². The van der Waals surface area contributed by atoms with E-state index in [1.54, 1.807) is 0 Å². The molecule has 0 amide bonds. The Kier molecular flexibility index (Phi) is 4.99. The molecule has 2 nitrogen and oxygen atoms in total. The first-order valence-electron chi connectivity index (χ1n) is 6.63. The van der Waals surface area contributed by atoms with Crippen LogP contribution in [-0.2, 0) is 6.42 Å². The highest BCUT2D eigenvalue weighted by atomic mass is 79.9. The fourth-order valence-corrected chi connectivity index (χ4v) is 2.56. The lowest BCUT2D eigenvalue weighted by molar-refractivity contribution is 0.226. The minimum Gasteiger partial charge on any atom is -0.313 e. The summed E-state index contributed by atoms with van der Waals surface area (Å²) < 4.78 is 1.06. The smallest absolute Gasteiger partial charge is 0.0420 e. The van der Waals surface area contributed by atoms with Crippen molar-refractivity contribution in [3.63, 3.8) is 0 Å². The van der Waals surface area contributed by atoms with Crippen molar-refractivity contribution in [3.05, 3.63) is 28.5 Å². The van der Waals surface area contributed by atoms with Gasteiger partial charge in [0.1, 0.15) is 0 Å². The lowest BCUT2D eigenvalue weighted by Gasteiger charge is -2.34. The summed E-state index contributed by atoms with van der Waals surface area (Å²) in [6, 6.07) is 4.83. The van der Waals surface area contributed by atoms with Crippen LogP contribution in [0.15, 0.2) is 22.8 Å². The van der Waals surface area contributed by atoms with Gasteiger partial charge in [-0.05, 0) is 59.8 Å². The summed E-state index contributed by atoms with van der Waals surface area (Å²) in [5, 5.41) is 3.68. The van der Waals surface area contributed by atoms with Crippen LogP contribution in [0.2, 0.25) is 0 Å². The number of rotatable bonds is 6. The summed E-state index contributed by atoms with van der Waals surface area (Å²) in [5.74, 6) is 0.868. The molecule has 0 bridgehead atoms. The summed E-state index contributed by atoms with van der Waals surface area (Å²) in [7, 11) is 0. The molecule has 1 saturated carbocycles. The molecular formula is C14H21BrN2. The van der Waals surface area contributed by atoms with Gasteiger partial charge in [0.05, 0.1) is 0 Å². The Hall–Kier alpha value is -0.410. The molecule has 0 aliphatic heterocycles. The molecule has 0 saturated heterocycles. The molecule has 2 rings (SSSR count). The van der Waals surface area contributed by atoms with Crippen LogP contribution >= 0.6 is 15.9 Å². The lowest BCUT2D eigenvalue weighted by Crippen LogP contribution is -2.41. The predicted octanol–water partition coefficient (Wildman–Crippen LogP) is 3.55. The van der Waals surface area contributed by atoms with E-state index in [4.69, 9.17) is 0 Å². The highest BCUT2D eigenvalue weighted by Gasteiger charge is 2.26. The normalized spacial score (nSPS) is 17.8. The van der Waals surface area contributed by atoms with Crippen LogP contribution in [0.3, 0.4) is 0 Å². The van der Waals surface area contributed by atoms with Crippen LogP contribution in [0.5, 0.6) is 0 Å². The Balaban J connectivity index is 1.93. The first kappa shape index (κ1) is 13.0. The second-order valence-electron chi connectivity index (χ2n) is 4.92. The first-order chi connectivity index (χ1) is 8.29. The first-order valence-corrected chi connectivity index (χ1v) is 7.42. The summed E-state index contributed by atoms with van der Waals surface area (Å²) >= 11 is 3.43. The standard InChI is InChI=1S/C14H21BrN2/c1-2-8-16-14(11-4-3-5-11)9-13-7-6-12(15)10-17-13/h6-7,10-11,14,16H,2-5,8-9H2,1H3. The summed E-state index contributed by atoms with van der Waals surface area (Å²) in [5.41, 5.74) is 1.20. The van der Waals surface area contributed by atoms with E-state index in [1.807, 2.05) is 6.20 Å². The molecule has 0 radical (unpaired) electrons. The van der Waals surface area contributed by atoms with Gasteiger partial charge < -0.3 is 5.32 Å². The van der Waals surface area contributed by atoms with Gasteiger partial charge in [-0.1, -0.05) is 13.3 Å². The van der Waals surface area contributed by atoms with Crippen molar-refractivity contribution in [2.45, 2.75) is 45.1 Å². The number of nitrogens with one attached hydrogen (secondary N) is 1. The summed E-state index contributed by atoms with van der Waals surface area (Å²) in [6.07, 6.45) is 8.35. The highest BCUT2D eigenvalue weighted by molar-refractivity contribution is 9.10. The van der Waals surface area contributed by atoms with Gasteiger partial charge in [-0.2, -0.15) is 0 Å². The van der Waals surface area contributed by atoms with E-state index in [1.165, 1.54) is 31.4 Å². The molecule has 1 aromatic heterocycles. The number of nitrogens with zero attached hydrogens (tertiary/aromatic N) is 1. The van der Waals surface area contributed by atoms with Crippen molar-refractivity contribution in [2.75, 3.05) is 6.54 Å². The predicted molar refractivity (Wildman–Crippen MR) is 75.1 cm³/mol. The zero-order valence-electron chi connectivity index (χ0n) is 10.5. The van der Waals surface area contributed by atoms with Gasteiger partial charge in [0.2, 0.25) is 0 Å². The molecule has 17 heavy (non-hydrogen) atoms. The molecule has 1 unspecified atom stereocenters. The third-order valence-electron chi connectivity index (χ3n) is 3.59. The van der Waals surface area contributed by atoms with Gasteiger partial charge in [0.25, 0.3) is 0 Å². The van der Waals surface area contributed by atoms with E-state index in [9.17, 15) is 0 Å². The fourth-order valence-electron chi connectivity index (χ4n) is 2.33. The maximum absolute atomic E-state index is 4.48. The molecule has 1 atom stereocenters. The van der Waals surface area contributed by atoms with E-state index in [-0.39, 0.29) is 0 Å². The monoisotopic (exact) mass is 296 g/mol. The molecule has 1 fully saturated rings. The Morgan fingerprint density at radius 1 is 1.47 bits per heavy atom. The van der Waals surface area contributed by atoms with Crippen molar-refractivity contribution in [1.29, 1.82) is 0 Å². The average molecular weight is 297 g/mol. The lowest BCUT2D eigenvalue weighted by atomic mass is 9.78. The molecule has 0 aromatic carbocycles. The second kappa shape index (κ2) is 6.50. The van der Waals surface area contributed by atoms with E-state index in [2.05, 4.69) is 45.3 Å². The van der Waals surface area contributed by atoms with E-state index in [0.29, 0.717) is 6.04 Å². The molecular weight excluding hydrogens is 276 g/mol. The molecule has 0 spiro atoms. The Bertz CT molecular complexity index is 333. The fraction of sp³-hybridized carbons (Fsp3) is 0.643. The van der Waals surface area contributed by atoms with Crippen LogP contribution in [0.1, 0.15) is 38.3 Å². The molecule has 1 heterocycles. The van der Waals surface area contributed by atoms with Crippen molar-refractivity contribution in [3.8, 4) is 0 Å². The number of aromatic nitrogens is 1. The number of pyridine rings is 1. The van der Waals surface area contributed by atoms with Gasteiger partial charge in [0, 0.05) is 28.8 Å². The van der Waals surface area contributed by atoms with Crippen molar-refractivity contribution < 1.29 is 0 Å². The third-order valence-corrected chi connectivity index (χ3v) is 4.06. The van der Waals surface area contributed by atoms with Crippen molar-refractivity contribution in [1.82, 2.24) is 10.3 Å². The summed E-state index contributed by atoms with van der Waals surface area (Å²) in [6.45, 7) is 3.35. The minimum absolute atomic E-state index is 0.623. The van der Waals surface area contributed by atoms with Gasteiger partial charge in [-0.15, -0.1) is 0 Å². The van der Waals surface area contributed by atoms with Crippen LogP contribution in [0, 0.1) is 5.92 Å². The molecule has 1 aromatic rings. The van der Waals surface area contributed by atoms with E-state index < -0.39 is 0 Å². The molecule has 1 aliphatic carbocycles. The SMILES string of the molecule is CCCNC(Cc1ccc(Br)cn1)C1CCC1. The molecule has 94 valence electrons. The number of hydrogen-bond donors (Lipinski definition) is 1. The highest BCUT2D eigenvalue weighted by Crippen LogP contribution is 2.31. The van der Waals surface area contributed by atoms with Gasteiger partial charge in [0.15, 0.2) is 0 Å². The van der Waals surface area contributed by atoms with E-state index >= 15 is 0 Å². The zero-order valence-corrected chi connectivity index (χ0v) is 12.0. The van der Waals surface area contributed by atoms with Gasteiger partial charge in [-0.3, -0.25) is 4.98 Å². The average Bonchev–Trinajstić information content (AvgIpc) is 2.26. The Morgan fingerprint density at radius 2 is 2.29 bits per heavy atom. The van der Waals surface area contributed by atoms with Gasteiger partial charge in [-0.25, -0.2) is 0 Å². The van der Waals surface area contributed by atoms with Gasteiger partial charge >= 0.3 is 0 Å². The quantitative estimate of drug-likeness (QED) is 0.868. The third kappa shape index (κ3) is 3.78.